The Balaban J connectivity index is 1.85. The third-order valence-corrected chi connectivity index (χ3v) is 3.14. The van der Waals surface area contributed by atoms with Crippen molar-refractivity contribution < 1.29 is 9.72 Å². The third kappa shape index (κ3) is 3.92. The van der Waals surface area contributed by atoms with Crippen LogP contribution < -0.4 is 11.0 Å². The number of hydrogen-bond donors (Lipinski definition) is 3. The van der Waals surface area contributed by atoms with E-state index in [1.54, 1.807) is 0 Å². The SMILES string of the molecule is O=C(NCCCc1n[nH]c(=O)[nH]1)c1ccc([N+](=O)[O-])c(Cl)c1. The lowest BCUT2D eigenvalue weighted by atomic mass is 10.2. The number of hydrogen-bond acceptors (Lipinski definition) is 5. The molecule has 9 nitrogen and oxygen atoms in total. The molecule has 1 heterocycles. The summed E-state index contributed by atoms with van der Waals surface area (Å²) < 4.78 is 0. The second-order valence-corrected chi connectivity index (χ2v) is 4.81. The van der Waals surface area contributed by atoms with E-state index in [1.807, 2.05) is 0 Å². The summed E-state index contributed by atoms with van der Waals surface area (Å²) in [5.74, 6) is 0.130. The number of halogens is 1. The van der Waals surface area contributed by atoms with Crippen molar-refractivity contribution in [3.8, 4) is 0 Å². The van der Waals surface area contributed by atoms with Crippen molar-refractivity contribution in [2.75, 3.05) is 6.54 Å². The monoisotopic (exact) mass is 325 g/mol. The minimum Gasteiger partial charge on any atom is -0.352 e. The van der Waals surface area contributed by atoms with Crippen LogP contribution in [0.25, 0.3) is 0 Å². The predicted octanol–water partition coefficient (Wildman–Crippen LogP) is 1.02. The Morgan fingerprint density at radius 1 is 1.45 bits per heavy atom. The molecule has 0 radical (unpaired) electrons. The van der Waals surface area contributed by atoms with Crippen LogP contribution in [-0.4, -0.2) is 32.6 Å². The first-order valence-electron chi connectivity index (χ1n) is 6.33. The summed E-state index contributed by atoms with van der Waals surface area (Å²) in [6, 6.07) is 3.77. The van der Waals surface area contributed by atoms with Crippen LogP contribution in [0.5, 0.6) is 0 Å². The molecule has 0 spiro atoms. The zero-order chi connectivity index (χ0) is 16.1. The van der Waals surface area contributed by atoms with E-state index >= 15 is 0 Å². The van der Waals surface area contributed by atoms with Gasteiger partial charge in [-0.2, -0.15) is 5.10 Å². The van der Waals surface area contributed by atoms with Crippen molar-refractivity contribution in [3.63, 3.8) is 0 Å². The fraction of sp³-hybridized carbons (Fsp3) is 0.250. The number of nitro groups is 1. The van der Waals surface area contributed by atoms with Gasteiger partial charge < -0.3 is 5.32 Å². The fourth-order valence-electron chi connectivity index (χ4n) is 1.78. The molecular formula is C12H12ClN5O4. The molecule has 0 aliphatic carbocycles. The van der Waals surface area contributed by atoms with Crippen molar-refractivity contribution in [3.05, 3.63) is 55.2 Å². The maximum absolute atomic E-state index is 11.9. The van der Waals surface area contributed by atoms with Gasteiger partial charge in [0, 0.05) is 24.6 Å². The van der Waals surface area contributed by atoms with Gasteiger partial charge >= 0.3 is 5.69 Å². The number of aromatic nitrogens is 3. The van der Waals surface area contributed by atoms with Crippen LogP contribution in [-0.2, 0) is 6.42 Å². The topological polar surface area (TPSA) is 134 Å². The van der Waals surface area contributed by atoms with Crippen molar-refractivity contribution in [2.24, 2.45) is 0 Å². The van der Waals surface area contributed by atoms with Crippen LogP contribution >= 0.6 is 11.6 Å². The molecule has 0 unspecified atom stereocenters. The average molecular weight is 326 g/mol. The Morgan fingerprint density at radius 3 is 2.82 bits per heavy atom. The van der Waals surface area contributed by atoms with E-state index in [9.17, 15) is 19.7 Å². The molecule has 0 atom stereocenters. The highest BCUT2D eigenvalue weighted by Crippen LogP contribution is 2.24. The standard InChI is InChI=1S/C12H12ClN5O4/c13-8-6-7(3-4-9(8)18(21)22)11(19)14-5-1-2-10-15-12(20)17-16-10/h3-4,6H,1-2,5H2,(H,14,19)(H2,15,16,17,20). The van der Waals surface area contributed by atoms with Gasteiger partial charge in [-0.05, 0) is 18.6 Å². The lowest BCUT2D eigenvalue weighted by Crippen LogP contribution is -2.24. The number of nitro benzene ring substituents is 1. The summed E-state index contributed by atoms with van der Waals surface area (Å²) in [7, 11) is 0. The molecule has 10 heteroatoms. The Bertz CT molecular complexity index is 754. The minimum atomic E-state index is -0.616. The van der Waals surface area contributed by atoms with Crippen LogP contribution in [0.2, 0.25) is 5.02 Å². The zero-order valence-electron chi connectivity index (χ0n) is 11.3. The number of nitrogens with zero attached hydrogens (tertiary/aromatic N) is 2. The van der Waals surface area contributed by atoms with Gasteiger partial charge in [0.25, 0.3) is 11.6 Å². The largest absolute Gasteiger partial charge is 0.352 e. The quantitative estimate of drug-likeness (QED) is 0.414. The highest BCUT2D eigenvalue weighted by molar-refractivity contribution is 6.33. The van der Waals surface area contributed by atoms with E-state index in [0.29, 0.717) is 25.2 Å². The number of H-pyrrole nitrogens is 2. The molecule has 1 amide bonds. The summed E-state index contributed by atoms with van der Waals surface area (Å²) in [5.41, 5.74) is -0.385. The number of aryl methyl sites for hydroxylation is 1. The minimum absolute atomic E-state index is 0.0910. The van der Waals surface area contributed by atoms with Gasteiger partial charge in [-0.15, -0.1) is 0 Å². The van der Waals surface area contributed by atoms with Crippen LogP contribution in [0.15, 0.2) is 23.0 Å². The van der Waals surface area contributed by atoms with Crippen molar-refractivity contribution in [2.45, 2.75) is 12.8 Å². The molecule has 0 aliphatic heterocycles. The highest BCUT2D eigenvalue weighted by atomic mass is 35.5. The third-order valence-electron chi connectivity index (χ3n) is 2.83. The first kappa shape index (κ1) is 15.7. The van der Waals surface area contributed by atoms with E-state index in [-0.39, 0.29) is 27.9 Å². The molecule has 2 rings (SSSR count). The number of carbonyl (C=O) groups is 1. The first-order valence-corrected chi connectivity index (χ1v) is 6.71. The molecule has 2 aromatic rings. The van der Waals surface area contributed by atoms with Gasteiger partial charge in [-0.25, -0.2) is 9.89 Å². The summed E-state index contributed by atoms with van der Waals surface area (Å²) in [6.07, 6.45) is 1.08. The molecular weight excluding hydrogens is 314 g/mol. The maximum atomic E-state index is 11.9. The summed E-state index contributed by atoms with van der Waals surface area (Å²) in [6.45, 7) is 0.363. The summed E-state index contributed by atoms with van der Waals surface area (Å²) in [5, 5.41) is 19.2. The lowest BCUT2D eigenvalue weighted by Gasteiger charge is -2.05. The Labute approximate surface area is 128 Å². The number of carbonyl (C=O) groups excluding carboxylic acids is 1. The second kappa shape index (κ2) is 6.85. The van der Waals surface area contributed by atoms with Crippen molar-refractivity contribution in [1.82, 2.24) is 20.5 Å². The van der Waals surface area contributed by atoms with Gasteiger partial charge in [0.2, 0.25) is 0 Å². The number of benzene rings is 1. The van der Waals surface area contributed by atoms with Gasteiger partial charge in [0.15, 0.2) is 0 Å². The second-order valence-electron chi connectivity index (χ2n) is 4.41. The molecule has 1 aromatic heterocycles. The Kier molecular flexibility index (Phi) is 4.89. The molecule has 0 aliphatic rings. The Hall–Kier alpha value is -2.68. The van der Waals surface area contributed by atoms with Gasteiger partial charge in [-0.3, -0.25) is 19.9 Å². The van der Waals surface area contributed by atoms with Crippen molar-refractivity contribution >= 4 is 23.2 Å². The number of nitrogens with one attached hydrogen (secondary N) is 3. The molecule has 1 aromatic carbocycles. The fourth-order valence-corrected chi connectivity index (χ4v) is 2.03. The van der Waals surface area contributed by atoms with Gasteiger partial charge in [0.1, 0.15) is 10.8 Å². The van der Waals surface area contributed by atoms with Crippen molar-refractivity contribution in [1.29, 1.82) is 0 Å². The lowest BCUT2D eigenvalue weighted by molar-refractivity contribution is -0.384. The smallest absolute Gasteiger partial charge is 0.340 e. The van der Waals surface area contributed by atoms with E-state index in [1.165, 1.54) is 18.2 Å². The number of amides is 1. The molecule has 3 N–H and O–H groups in total. The van der Waals surface area contributed by atoms with E-state index in [0.717, 1.165) is 0 Å². The molecule has 116 valence electrons. The summed E-state index contributed by atoms with van der Waals surface area (Å²) in [4.78, 5) is 35.2. The summed E-state index contributed by atoms with van der Waals surface area (Å²) >= 11 is 5.75. The predicted molar refractivity (Wildman–Crippen MR) is 78.0 cm³/mol. The first-order chi connectivity index (χ1) is 10.5. The zero-order valence-corrected chi connectivity index (χ0v) is 12.0. The average Bonchev–Trinajstić information content (AvgIpc) is 2.88. The number of rotatable bonds is 6. The molecule has 0 bridgehead atoms. The van der Waals surface area contributed by atoms with Crippen LogP contribution in [0.3, 0.4) is 0 Å². The molecule has 0 saturated heterocycles. The molecule has 22 heavy (non-hydrogen) atoms. The van der Waals surface area contributed by atoms with Crippen LogP contribution in [0, 0.1) is 10.1 Å². The van der Waals surface area contributed by atoms with E-state index < -0.39 is 4.92 Å². The van der Waals surface area contributed by atoms with Crippen LogP contribution in [0.1, 0.15) is 22.6 Å². The van der Waals surface area contributed by atoms with Gasteiger partial charge in [0.05, 0.1) is 4.92 Å². The van der Waals surface area contributed by atoms with Gasteiger partial charge in [-0.1, -0.05) is 11.6 Å². The van der Waals surface area contributed by atoms with E-state index in [4.69, 9.17) is 11.6 Å². The van der Waals surface area contributed by atoms with E-state index in [2.05, 4.69) is 20.5 Å². The highest BCUT2D eigenvalue weighted by Gasteiger charge is 2.15. The Morgan fingerprint density at radius 2 is 2.23 bits per heavy atom. The molecule has 0 fully saturated rings. The normalized spacial score (nSPS) is 10.4. The maximum Gasteiger partial charge on any atom is 0.340 e. The van der Waals surface area contributed by atoms with Crippen LogP contribution in [0.4, 0.5) is 5.69 Å². The number of aromatic amines is 2. The molecule has 0 saturated carbocycles.